The molecular formula is C33H35N3O4. The zero-order valence-electron chi connectivity index (χ0n) is 23.2. The Hall–Kier alpha value is -4.52. The predicted octanol–water partition coefficient (Wildman–Crippen LogP) is 5.80. The van der Waals surface area contributed by atoms with Crippen LogP contribution in [0.4, 0.5) is 5.69 Å². The summed E-state index contributed by atoms with van der Waals surface area (Å²) < 4.78 is 12.8. The van der Waals surface area contributed by atoms with Gasteiger partial charge in [0.25, 0.3) is 0 Å². The molecule has 0 saturated carbocycles. The molecule has 0 N–H and O–H groups in total. The Balaban J connectivity index is 1.48. The van der Waals surface area contributed by atoms with E-state index >= 15 is 0 Å². The van der Waals surface area contributed by atoms with Crippen molar-refractivity contribution in [3.63, 3.8) is 0 Å². The molecular weight excluding hydrogens is 502 g/mol. The molecule has 1 aromatic heterocycles. The van der Waals surface area contributed by atoms with Crippen molar-refractivity contribution >= 4 is 17.5 Å². The summed E-state index contributed by atoms with van der Waals surface area (Å²) in [5, 5.41) is 0. The SMILES string of the molecule is CCCCN(CC(=O)N1c2ccccc2-n2cccc2C1c1ccc(OC)cc1)C(=O)Cc1ccc(OC)cc1. The predicted molar refractivity (Wildman–Crippen MR) is 156 cm³/mol. The maximum atomic E-state index is 14.3. The van der Waals surface area contributed by atoms with Gasteiger partial charge in [0.2, 0.25) is 11.8 Å². The number of fused-ring (bicyclic) bond motifs is 3. The minimum atomic E-state index is -0.354. The van der Waals surface area contributed by atoms with Gasteiger partial charge < -0.3 is 18.9 Å². The number of hydrogen-bond donors (Lipinski definition) is 0. The zero-order chi connectivity index (χ0) is 28.1. The Morgan fingerprint density at radius 3 is 2.12 bits per heavy atom. The molecule has 206 valence electrons. The summed E-state index contributed by atoms with van der Waals surface area (Å²) in [7, 11) is 3.26. The first-order valence-corrected chi connectivity index (χ1v) is 13.7. The number of methoxy groups -OCH3 is 2. The van der Waals surface area contributed by atoms with E-state index in [1.165, 1.54) is 0 Å². The maximum absolute atomic E-state index is 14.3. The average molecular weight is 538 g/mol. The number of rotatable bonds is 10. The number of anilines is 1. The molecule has 2 amide bonds. The van der Waals surface area contributed by atoms with Crippen LogP contribution in [0.25, 0.3) is 5.69 Å². The second-order valence-corrected chi connectivity index (χ2v) is 9.92. The molecule has 7 nitrogen and oxygen atoms in total. The Morgan fingerprint density at radius 2 is 1.48 bits per heavy atom. The van der Waals surface area contributed by atoms with E-state index in [0.717, 1.165) is 52.5 Å². The monoisotopic (exact) mass is 537 g/mol. The van der Waals surface area contributed by atoms with Crippen molar-refractivity contribution in [3.8, 4) is 17.2 Å². The molecule has 0 spiro atoms. The van der Waals surface area contributed by atoms with Gasteiger partial charge in [-0.05, 0) is 66.1 Å². The molecule has 1 aliphatic rings. The third-order valence-electron chi connectivity index (χ3n) is 7.39. The summed E-state index contributed by atoms with van der Waals surface area (Å²) in [6.07, 6.45) is 4.00. The number of benzene rings is 3. The van der Waals surface area contributed by atoms with Gasteiger partial charge in [0, 0.05) is 12.7 Å². The fourth-order valence-corrected chi connectivity index (χ4v) is 5.27. The lowest BCUT2D eigenvalue weighted by Crippen LogP contribution is -2.47. The molecule has 0 radical (unpaired) electrons. The second kappa shape index (κ2) is 12.1. The normalized spacial score (nSPS) is 13.8. The molecule has 0 bridgehead atoms. The molecule has 1 atom stereocenters. The lowest BCUT2D eigenvalue weighted by Gasteiger charge is -2.39. The first-order valence-electron chi connectivity index (χ1n) is 13.7. The van der Waals surface area contributed by atoms with Crippen LogP contribution < -0.4 is 14.4 Å². The lowest BCUT2D eigenvalue weighted by atomic mass is 9.97. The van der Waals surface area contributed by atoms with Crippen LogP contribution in [0.2, 0.25) is 0 Å². The summed E-state index contributed by atoms with van der Waals surface area (Å²) in [4.78, 5) is 31.4. The third-order valence-corrected chi connectivity index (χ3v) is 7.39. The van der Waals surface area contributed by atoms with E-state index in [0.29, 0.717) is 6.54 Å². The second-order valence-electron chi connectivity index (χ2n) is 9.92. The third kappa shape index (κ3) is 5.45. The number of aromatic nitrogens is 1. The summed E-state index contributed by atoms with van der Waals surface area (Å²) in [5.74, 6) is 1.30. The number of carbonyl (C=O) groups excluding carboxylic acids is 2. The highest BCUT2D eigenvalue weighted by atomic mass is 16.5. The van der Waals surface area contributed by atoms with Crippen molar-refractivity contribution < 1.29 is 19.1 Å². The molecule has 1 unspecified atom stereocenters. The van der Waals surface area contributed by atoms with E-state index in [1.807, 2.05) is 90.0 Å². The smallest absolute Gasteiger partial charge is 0.247 e. The topological polar surface area (TPSA) is 64.0 Å². The lowest BCUT2D eigenvalue weighted by molar-refractivity contribution is -0.134. The van der Waals surface area contributed by atoms with Crippen molar-refractivity contribution in [1.29, 1.82) is 0 Å². The van der Waals surface area contributed by atoms with Crippen LogP contribution in [0.3, 0.4) is 0 Å². The number of amides is 2. The minimum absolute atomic E-state index is 0.00329. The van der Waals surface area contributed by atoms with Crippen LogP contribution in [0.1, 0.15) is 42.6 Å². The van der Waals surface area contributed by atoms with Crippen molar-refractivity contribution in [1.82, 2.24) is 9.47 Å². The van der Waals surface area contributed by atoms with E-state index in [1.54, 1.807) is 19.1 Å². The Morgan fingerprint density at radius 1 is 0.825 bits per heavy atom. The Bertz CT molecular complexity index is 1460. The van der Waals surface area contributed by atoms with Crippen molar-refractivity contribution in [3.05, 3.63) is 108 Å². The summed E-state index contributed by atoms with van der Waals surface area (Å²) in [6, 6.07) is 26.9. The van der Waals surface area contributed by atoms with Crippen molar-refractivity contribution in [2.75, 3.05) is 32.2 Å². The standard InChI is InChI=1S/C33H35N3O4/c1-4-5-20-34(31(37)22-24-12-16-26(39-2)17-13-24)23-32(38)36-29-10-7-6-9-28(29)35-21-8-11-30(35)33(36)25-14-18-27(40-3)19-15-25/h6-19,21,33H,4-5,20,22-23H2,1-3H3. The van der Waals surface area contributed by atoms with E-state index in [2.05, 4.69) is 17.6 Å². The van der Waals surface area contributed by atoms with Crippen LogP contribution in [0.15, 0.2) is 91.1 Å². The van der Waals surface area contributed by atoms with Crippen LogP contribution in [0.5, 0.6) is 11.5 Å². The summed E-state index contributed by atoms with van der Waals surface area (Å²) in [6.45, 7) is 2.61. The quantitative estimate of drug-likeness (QED) is 0.256. The van der Waals surface area contributed by atoms with Gasteiger partial charge in [-0.1, -0.05) is 49.7 Å². The van der Waals surface area contributed by atoms with E-state index in [4.69, 9.17) is 9.47 Å². The highest BCUT2D eigenvalue weighted by molar-refractivity contribution is 6.00. The van der Waals surface area contributed by atoms with Crippen LogP contribution in [0, 0.1) is 0 Å². The van der Waals surface area contributed by atoms with Gasteiger partial charge >= 0.3 is 0 Å². The number of para-hydroxylation sites is 2. The fourth-order valence-electron chi connectivity index (χ4n) is 5.27. The Kier molecular flexibility index (Phi) is 8.20. The molecule has 5 rings (SSSR count). The van der Waals surface area contributed by atoms with Crippen LogP contribution in [-0.2, 0) is 16.0 Å². The number of nitrogens with zero attached hydrogens (tertiary/aromatic N) is 3. The largest absolute Gasteiger partial charge is 0.497 e. The number of unbranched alkanes of at least 4 members (excludes halogenated alkanes) is 1. The van der Waals surface area contributed by atoms with Crippen molar-refractivity contribution in [2.24, 2.45) is 0 Å². The van der Waals surface area contributed by atoms with Crippen molar-refractivity contribution in [2.45, 2.75) is 32.2 Å². The molecule has 0 fully saturated rings. The maximum Gasteiger partial charge on any atom is 0.247 e. The Labute approximate surface area is 235 Å². The number of hydrogen-bond acceptors (Lipinski definition) is 4. The van der Waals surface area contributed by atoms with Gasteiger partial charge in [0.1, 0.15) is 24.1 Å². The van der Waals surface area contributed by atoms with E-state index < -0.39 is 0 Å². The molecule has 0 saturated heterocycles. The van der Waals surface area contributed by atoms with Gasteiger partial charge in [-0.15, -0.1) is 0 Å². The first-order chi connectivity index (χ1) is 19.5. The van der Waals surface area contributed by atoms with Crippen LogP contribution in [-0.4, -0.2) is 48.6 Å². The molecule has 40 heavy (non-hydrogen) atoms. The molecule has 2 heterocycles. The highest BCUT2D eigenvalue weighted by Crippen LogP contribution is 2.42. The van der Waals surface area contributed by atoms with E-state index in [9.17, 15) is 9.59 Å². The van der Waals surface area contributed by atoms with Gasteiger partial charge in [0.15, 0.2) is 0 Å². The van der Waals surface area contributed by atoms with Gasteiger partial charge in [-0.2, -0.15) is 0 Å². The van der Waals surface area contributed by atoms with Gasteiger partial charge in [-0.25, -0.2) is 0 Å². The van der Waals surface area contributed by atoms with Crippen LogP contribution >= 0.6 is 0 Å². The number of carbonyl (C=O) groups is 2. The molecule has 7 heteroatoms. The summed E-state index contributed by atoms with van der Waals surface area (Å²) in [5.41, 5.74) is 4.59. The zero-order valence-corrected chi connectivity index (χ0v) is 23.2. The molecule has 0 aliphatic carbocycles. The van der Waals surface area contributed by atoms with Gasteiger partial charge in [0.05, 0.1) is 37.7 Å². The number of ether oxygens (including phenoxy) is 2. The van der Waals surface area contributed by atoms with E-state index in [-0.39, 0.29) is 30.8 Å². The highest BCUT2D eigenvalue weighted by Gasteiger charge is 2.37. The fraction of sp³-hybridized carbons (Fsp3) is 0.273. The van der Waals surface area contributed by atoms with Gasteiger partial charge in [-0.3, -0.25) is 14.5 Å². The molecule has 1 aliphatic heterocycles. The molecule has 3 aromatic carbocycles. The summed E-state index contributed by atoms with van der Waals surface area (Å²) >= 11 is 0. The minimum Gasteiger partial charge on any atom is -0.497 e. The average Bonchev–Trinajstić information content (AvgIpc) is 3.49. The molecule has 4 aromatic rings. The first kappa shape index (κ1) is 27.1.